The molecule has 2 N–H and O–H groups in total. The Hall–Kier alpha value is -2.50. The van der Waals surface area contributed by atoms with E-state index >= 15 is 0 Å². The molecule has 1 fully saturated rings. The summed E-state index contributed by atoms with van der Waals surface area (Å²) in [5.74, 6) is 0.929. The van der Waals surface area contributed by atoms with Gasteiger partial charge in [0.1, 0.15) is 5.76 Å². The molecule has 20 heavy (non-hydrogen) atoms. The molecule has 2 aromatic heterocycles. The summed E-state index contributed by atoms with van der Waals surface area (Å²) < 4.78 is 10.3. The lowest BCUT2D eigenvalue weighted by atomic mass is 10.2. The number of rotatable bonds is 4. The van der Waals surface area contributed by atoms with Gasteiger partial charge < -0.3 is 15.1 Å². The number of nitrogens with two attached hydrogens (primary N) is 1. The van der Waals surface area contributed by atoms with E-state index in [2.05, 4.69) is 15.2 Å². The minimum Gasteiger partial charge on any atom is -0.467 e. The molecule has 0 unspecified atom stereocenters. The quantitative estimate of drug-likeness (QED) is 0.734. The molecule has 6 nitrogen and oxygen atoms in total. The number of hydrogen-bond donors (Lipinski definition) is 1. The van der Waals surface area contributed by atoms with Crippen molar-refractivity contribution in [2.24, 2.45) is 0 Å². The number of nitrogens with zero attached hydrogens (tertiary/aromatic N) is 3. The van der Waals surface area contributed by atoms with Crippen LogP contribution >= 0.6 is 0 Å². The van der Waals surface area contributed by atoms with Crippen molar-refractivity contribution in [1.82, 2.24) is 10.3 Å². The number of anilines is 2. The predicted octanol–water partition coefficient (Wildman–Crippen LogP) is 2.57. The largest absolute Gasteiger partial charge is 0.467 e. The van der Waals surface area contributed by atoms with E-state index in [1.807, 2.05) is 24.3 Å². The zero-order valence-electron chi connectivity index (χ0n) is 10.8. The zero-order valence-corrected chi connectivity index (χ0v) is 10.8. The third-order valence-corrected chi connectivity index (χ3v) is 3.63. The highest BCUT2D eigenvalue weighted by molar-refractivity contribution is 5.95. The lowest BCUT2D eigenvalue weighted by Crippen LogP contribution is -2.25. The number of nitrogen functional groups attached to an aromatic ring is 1. The van der Waals surface area contributed by atoms with Gasteiger partial charge in [-0.15, -0.1) is 0 Å². The van der Waals surface area contributed by atoms with Crippen LogP contribution < -0.4 is 10.6 Å². The number of fused-ring (bicyclic) bond motifs is 1. The topological polar surface area (TPSA) is 81.3 Å². The average Bonchev–Trinajstić information content (AvgIpc) is 2.96. The van der Waals surface area contributed by atoms with Gasteiger partial charge in [0, 0.05) is 6.04 Å². The van der Waals surface area contributed by atoms with Crippen molar-refractivity contribution in [3.8, 4) is 0 Å². The van der Waals surface area contributed by atoms with Crippen LogP contribution in [0.1, 0.15) is 18.6 Å². The molecule has 0 spiro atoms. The molecule has 102 valence electrons. The second-order valence-corrected chi connectivity index (χ2v) is 5.07. The van der Waals surface area contributed by atoms with Crippen molar-refractivity contribution in [1.29, 1.82) is 0 Å². The second-order valence-electron chi connectivity index (χ2n) is 5.07. The molecular formula is C14H14N4O2. The molecule has 0 aliphatic heterocycles. The Labute approximate surface area is 115 Å². The first-order chi connectivity index (χ1) is 9.83. The molecule has 0 atom stereocenters. The summed E-state index contributed by atoms with van der Waals surface area (Å²) in [6, 6.07) is 8.22. The highest BCUT2D eigenvalue weighted by Gasteiger charge is 2.31. The summed E-state index contributed by atoms with van der Waals surface area (Å²) in [5, 5.41) is 7.88. The fourth-order valence-electron chi connectivity index (χ4n) is 2.47. The molecule has 0 amide bonds. The lowest BCUT2D eigenvalue weighted by molar-refractivity contribution is 0.315. The molecule has 1 aliphatic rings. The van der Waals surface area contributed by atoms with E-state index in [9.17, 15) is 0 Å². The maximum absolute atomic E-state index is 5.90. The SMILES string of the molecule is Nc1ccc(N(Cc2ccco2)C2CC2)c2nonc12. The van der Waals surface area contributed by atoms with Crippen molar-refractivity contribution >= 4 is 22.4 Å². The van der Waals surface area contributed by atoms with Crippen LogP contribution in [-0.2, 0) is 6.54 Å². The predicted molar refractivity (Wildman–Crippen MR) is 74.1 cm³/mol. The molecule has 4 rings (SSSR count). The normalized spacial score (nSPS) is 14.8. The van der Waals surface area contributed by atoms with E-state index in [1.165, 1.54) is 12.8 Å². The summed E-state index contributed by atoms with van der Waals surface area (Å²) in [6.07, 6.45) is 4.05. The minimum absolute atomic E-state index is 0.517. The maximum Gasteiger partial charge on any atom is 0.160 e. The fraction of sp³-hybridized carbons (Fsp3) is 0.286. The van der Waals surface area contributed by atoms with Crippen LogP contribution in [0, 0.1) is 0 Å². The van der Waals surface area contributed by atoms with E-state index in [0.29, 0.717) is 29.3 Å². The number of furan rings is 1. The van der Waals surface area contributed by atoms with E-state index < -0.39 is 0 Å². The smallest absolute Gasteiger partial charge is 0.160 e. The highest BCUT2D eigenvalue weighted by atomic mass is 16.6. The van der Waals surface area contributed by atoms with Gasteiger partial charge in [0.25, 0.3) is 0 Å². The molecule has 1 saturated carbocycles. The van der Waals surface area contributed by atoms with Crippen molar-refractivity contribution in [2.75, 3.05) is 10.6 Å². The Bertz CT molecular complexity index is 731. The average molecular weight is 270 g/mol. The van der Waals surface area contributed by atoms with Crippen molar-refractivity contribution in [2.45, 2.75) is 25.4 Å². The van der Waals surface area contributed by atoms with Crippen LogP contribution in [0.5, 0.6) is 0 Å². The Kier molecular flexibility index (Phi) is 2.42. The van der Waals surface area contributed by atoms with Gasteiger partial charge in [0.2, 0.25) is 0 Å². The van der Waals surface area contributed by atoms with Gasteiger partial charge in [-0.25, -0.2) is 4.63 Å². The first kappa shape index (κ1) is 11.3. The Morgan fingerprint density at radius 1 is 1.20 bits per heavy atom. The monoisotopic (exact) mass is 270 g/mol. The van der Waals surface area contributed by atoms with E-state index in [4.69, 9.17) is 14.8 Å². The molecule has 1 aromatic carbocycles. The van der Waals surface area contributed by atoms with Gasteiger partial charge in [-0.05, 0) is 47.4 Å². The molecular weight excluding hydrogens is 256 g/mol. The van der Waals surface area contributed by atoms with Crippen LogP contribution in [0.4, 0.5) is 11.4 Å². The van der Waals surface area contributed by atoms with Gasteiger partial charge in [-0.3, -0.25) is 0 Å². The summed E-state index contributed by atoms with van der Waals surface area (Å²) in [6.45, 7) is 0.712. The molecule has 6 heteroatoms. The zero-order chi connectivity index (χ0) is 13.5. The molecule has 0 bridgehead atoms. The van der Waals surface area contributed by atoms with Crippen molar-refractivity contribution < 1.29 is 9.05 Å². The highest BCUT2D eigenvalue weighted by Crippen LogP contribution is 2.37. The van der Waals surface area contributed by atoms with Gasteiger partial charge in [0.15, 0.2) is 11.0 Å². The van der Waals surface area contributed by atoms with Gasteiger partial charge in [-0.1, -0.05) is 0 Å². The van der Waals surface area contributed by atoms with Crippen LogP contribution in [0.15, 0.2) is 39.6 Å². The fourth-order valence-corrected chi connectivity index (χ4v) is 2.47. The van der Waals surface area contributed by atoms with E-state index in [0.717, 1.165) is 11.4 Å². The summed E-state index contributed by atoms with van der Waals surface area (Å²) >= 11 is 0. The van der Waals surface area contributed by atoms with Crippen LogP contribution in [0.25, 0.3) is 11.0 Å². The molecule has 0 radical (unpaired) electrons. The third kappa shape index (κ3) is 1.80. The third-order valence-electron chi connectivity index (χ3n) is 3.63. The Balaban J connectivity index is 1.78. The van der Waals surface area contributed by atoms with Crippen LogP contribution in [0.3, 0.4) is 0 Å². The van der Waals surface area contributed by atoms with Gasteiger partial charge in [0.05, 0.1) is 24.2 Å². The Morgan fingerprint density at radius 3 is 2.80 bits per heavy atom. The minimum atomic E-state index is 0.517. The summed E-state index contributed by atoms with van der Waals surface area (Å²) in [4.78, 5) is 2.28. The molecule has 1 aliphatic carbocycles. The number of aromatic nitrogens is 2. The molecule has 0 saturated heterocycles. The van der Waals surface area contributed by atoms with Crippen molar-refractivity contribution in [3.63, 3.8) is 0 Å². The van der Waals surface area contributed by atoms with Gasteiger partial charge >= 0.3 is 0 Å². The summed E-state index contributed by atoms with van der Waals surface area (Å²) in [5.41, 5.74) is 8.80. The van der Waals surface area contributed by atoms with E-state index in [1.54, 1.807) is 6.26 Å². The Morgan fingerprint density at radius 2 is 2.05 bits per heavy atom. The molecule has 2 heterocycles. The maximum atomic E-state index is 5.90. The number of benzene rings is 1. The second kappa shape index (κ2) is 4.26. The first-order valence-corrected chi connectivity index (χ1v) is 6.62. The van der Waals surface area contributed by atoms with Crippen LogP contribution in [0.2, 0.25) is 0 Å². The van der Waals surface area contributed by atoms with Crippen LogP contribution in [-0.4, -0.2) is 16.4 Å². The lowest BCUT2D eigenvalue weighted by Gasteiger charge is -2.23. The standard InChI is InChI=1S/C14H14N4O2/c15-11-5-6-12(14-13(11)16-20-17-14)18(9-3-4-9)8-10-2-1-7-19-10/h1-2,5-7,9H,3-4,8,15H2. The number of hydrogen-bond acceptors (Lipinski definition) is 6. The van der Waals surface area contributed by atoms with E-state index in [-0.39, 0.29) is 0 Å². The van der Waals surface area contributed by atoms with Crippen molar-refractivity contribution in [3.05, 3.63) is 36.3 Å². The first-order valence-electron chi connectivity index (χ1n) is 6.62. The molecule has 3 aromatic rings. The van der Waals surface area contributed by atoms with Gasteiger partial charge in [-0.2, -0.15) is 0 Å². The summed E-state index contributed by atoms with van der Waals surface area (Å²) in [7, 11) is 0.